The summed E-state index contributed by atoms with van der Waals surface area (Å²) in [7, 11) is 3.14. The van der Waals surface area contributed by atoms with Crippen molar-refractivity contribution in [2.45, 2.75) is 6.54 Å². The van der Waals surface area contributed by atoms with Gasteiger partial charge in [0.1, 0.15) is 17.2 Å². The fraction of sp³-hybridized carbons (Fsp3) is 0.188. The standard InChI is InChI=1S/C16H17NO4/c1-20-12-8-7-11(15(9-12)21-2)10-17-16(19)13-5-3-4-6-14(13)18/h3-9,18H,10H2,1-2H3,(H,17,19). The molecule has 0 saturated carbocycles. The van der Waals surface area contributed by atoms with E-state index in [9.17, 15) is 9.90 Å². The van der Waals surface area contributed by atoms with Crippen molar-refractivity contribution in [1.82, 2.24) is 5.32 Å². The molecular weight excluding hydrogens is 270 g/mol. The number of carbonyl (C=O) groups is 1. The van der Waals surface area contributed by atoms with Gasteiger partial charge in [-0.05, 0) is 24.3 Å². The van der Waals surface area contributed by atoms with Gasteiger partial charge >= 0.3 is 0 Å². The first-order chi connectivity index (χ1) is 10.2. The average Bonchev–Trinajstić information content (AvgIpc) is 2.52. The second-order valence-electron chi connectivity index (χ2n) is 4.38. The summed E-state index contributed by atoms with van der Waals surface area (Å²) in [6.07, 6.45) is 0. The molecule has 0 spiro atoms. The average molecular weight is 287 g/mol. The van der Waals surface area contributed by atoms with Crippen molar-refractivity contribution in [3.63, 3.8) is 0 Å². The van der Waals surface area contributed by atoms with Gasteiger partial charge in [-0.3, -0.25) is 4.79 Å². The Morgan fingerprint density at radius 1 is 1.14 bits per heavy atom. The number of aromatic hydroxyl groups is 1. The summed E-state index contributed by atoms with van der Waals surface area (Å²) in [6, 6.07) is 11.8. The molecule has 21 heavy (non-hydrogen) atoms. The van der Waals surface area contributed by atoms with E-state index in [0.29, 0.717) is 18.0 Å². The number of nitrogens with one attached hydrogen (secondary N) is 1. The lowest BCUT2D eigenvalue weighted by Gasteiger charge is -2.11. The first-order valence-electron chi connectivity index (χ1n) is 6.42. The Kier molecular flexibility index (Phi) is 4.66. The zero-order valence-corrected chi connectivity index (χ0v) is 11.9. The van der Waals surface area contributed by atoms with Crippen LogP contribution in [0.5, 0.6) is 17.2 Å². The van der Waals surface area contributed by atoms with E-state index in [1.807, 2.05) is 6.07 Å². The summed E-state index contributed by atoms with van der Waals surface area (Å²) in [5.41, 5.74) is 1.06. The van der Waals surface area contributed by atoms with Gasteiger partial charge in [-0.1, -0.05) is 12.1 Å². The number of ether oxygens (including phenoxy) is 2. The fourth-order valence-electron chi connectivity index (χ4n) is 1.93. The van der Waals surface area contributed by atoms with Crippen LogP contribution in [0.1, 0.15) is 15.9 Å². The number of rotatable bonds is 5. The van der Waals surface area contributed by atoms with Gasteiger partial charge in [0.15, 0.2) is 0 Å². The maximum atomic E-state index is 12.0. The highest BCUT2D eigenvalue weighted by Crippen LogP contribution is 2.24. The first kappa shape index (κ1) is 14.7. The Morgan fingerprint density at radius 2 is 1.90 bits per heavy atom. The molecule has 0 bridgehead atoms. The van der Waals surface area contributed by atoms with E-state index in [0.717, 1.165) is 5.56 Å². The summed E-state index contributed by atoms with van der Waals surface area (Å²) in [5.74, 6) is 0.928. The minimum Gasteiger partial charge on any atom is -0.507 e. The molecule has 2 rings (SSSR count). The van der Waals surface area contributed by atoms with Gasteiger partial charge in [0.05, 0.1) is 19.8 Å². The molecule has 0 aliphatic rings. The molecule has 2 aromatic rings. The molecule has 0 aromatic heterocycles. The molecule has 0 atom stereocenters. The third-order valence-electron chi connectivity index (χ3n) is 3.08. The minimum atomic E-state index is -0.342. The van der Waals surface area contributed by atoms with Gasteiger partial charge in [0.25, 0.3) is 5.91 Å². The molecule has 1 amide bonds. The molecule has 0 aliphatic heterocycles. The monoisotopic (exact) mass is 287 g/mol. The SMILES string of the molecule is COc1ccc(CNC(=O)c2ccccc2O)c(OC)c1. The van der Waals surface area contributed by atoms with E-state index >= 15 is 0 Å². The maximum Gasteiger partial charge on any atom is 0.255 e. The fourth-order valence-corrected chi connectivity index (χ4v) is 1.93. The van der Waals surface area contributed by atoms with Crippen LogP contribution in [0.2, 0.25) is 0 Å². The molecule has 0 aliphatic carbocycles. The number of phenolic OH excluding ortho intramolecular Hbond substituents is 1. The molecule has 5 heteroatoms. The normalized spacial score (nSPS) is 10.0. The van der Waals surface area contributed by atoms with Crippen molar-refractivity contribution in [3.8, 4) is 17.2 Å². The summed E-state index contributed by atoms with van der Waals surface area (Å²) in [4.78, 5) is 12.0. The second kappa shape index (κ2) is 6.65. The van der Waals surface area contributed by atoms with Gasteiger partial charge in [0.2, 0.25) is 0 Å². The number of hydrogen-bond donors (Lipinski definition) is 2. The zero-order valence-electron chi connectivity index (χ0n) is 11.9. The van der Waals surface area contributed by atoms with Crippen LogP contribution in [0.4, 0.5) is 0 Å². The van der Waals surface area contributed by atoms with Crippen molar-refractivity contribution in [2.75, 3.05) is 14.2 Å². The van der Waals surface area contributed by atoms with Crippen molar-refractivity contribution in [3.05, 3.63) is 53.6 Å². The lowest BCUT2D eigenvalue weighted by molar-refractivity contribution is 0.0948. The quantitative estimate of drug-likeness (QED) is 0.885. The molecule has 0 saturated heterocycles. The Morgan fingerprint density at radius 3 is 2.57 bits per heavy atom. The number of para-hydroxylation sites is 1. The highest BCUT2D eigenvalue weighted by atomic mass is 16.5. The van der Waals surface area contributed by atoms with E-state index in [1.54, 1.807) is 44.6 Å². The molecular formula is C16H17NO4. The largest absolute Gasteiger partial charge is 0.507 e. The number of phenols is 1. The van der Waals surface area contributed by atoms with Gasteiger partial charge in [-0.15, -0.1) is 0 Å². The lowest BCUT2D eigenvalue weighted by atomic mass is 10.1. The lowest BCUT2D eigenvalue weighted by Crippen LogP contribution is -2.23. The molecule has 0 unspecified atom stereocenters. The van der Waals surface area contributed by atoms with Gasteiger partial charge in [-0.2, -0.15) is 0 Å². The van der Waals surface area contributed by atoms with Crippen molar-refractivity contribution >= 4 is 5.91 Å². The maximum absolute atomic E-state index is 12.0. The van der Waals surface area contributed by atoms with Gasteiger partial charge < -0.3 is 19.9 Å². The van der Waals surface area contributed by atoms with Crippen LogP contribution in [0, 0.1) is 0 Å². The number of hydrogen-bond acceptors (Lipinski definition) is 4. The Balaban J connectivity index is 2.10. The number of methoxy groups -OCH3 is 2. The van der Waals surface area contributed by atoms with Crippen LogP contribution in [0.3, 0.4) is 0 Å². The van der Waals surface area contributed by atoms with Crippen LogP contribution in [-0.4, -0.2) is 25.2 Å². The van der Waals surface area contributed by atoms with Crippen LogP contribution in [0.25, 0.3) is 0 Å². The summed E-state index contributed by atoms with van der Waals surface area (Å²) < 4.78 is 10.4. The highest BCUT2D eigenvalue weighted by Gasteiger charge is 2.11. The van der Waals surface area contributed by atoms with Crippen molar-refractivity contribution in [1.29, 1.82) is 0 Å². The molecule has 2 N–H and O–H groups in total. The summed E-state index contributed by atoms with van der Waals surface area (Å²) in [6.45, 7) is 0.292. The number of amides is 1. The zero-order chi connectivity index (χ0) is 15.2. The van der Waals surface area contributed by atoms with Crippen LogP contribution >= 0.6 is 0 Å². The van der Waals surface area contributed by atoms with Crippen molar-refractivity contribution in [2.24, 2.45) is 0 Å². The van der Waals surface area contributed by atoms with E-state index in [-0.39, 0.29) is 17.2 Å². The van der Waals surface area contributed by atoms with Crippen LogP contribution in [-0.2, 0) is 6.54 Å². The number of benzene rings is 2. The highest BCUT2D eigenvalue weighted by molar-refractivity contribution is 5.96. The molecule has 2 aromatic carbocycles. The molecule has 5 nitrogen and oxygen atoms in total. The van der Waals surface area contributed by atoms with Gasteiger partial charge in [0, 0.05) is 18.2 Å². The van der Waals surface area contributed by atoms with E-state index < -0.39 is 0 Å². The molecule has 110 valence electrons. The first-order valence-corrected chi connectivity index (χ1v) is 6.42. The smallest absolute Gasteiger partial charge is 0.255 e. The van der Waals surface area contributed by atoms with Gasteiger partial charge in [-0.25, -0.2) is 0 Å². The Labute approximate surface area is 123 Å². The van der Waals surface area contributed by atoms with Crippen LogP contribution in [0.15, 0.2) is 42.5 Å². The molecule has 0 fully saturated rings. The van der Waals surface area contributed by atoms with E-state index in [2.05, 4.69) is 5.32 Å². The number of carbonyl (C=O) groups excluding carboxylic acids is 1. The second-order valence-corrected chi connectivity index (χ2v) is 4.38. The Hall–Kier alpha value is -2.69. The Bertz CT molecular complexity index is 640. The summed E-state index contributed by atoms with van der Waals surface area (Å²) in [5, 5.41) is 12.4. The summed E-state index contributed by atoms with van der Waals surface area (Å²) >= 11 is 0. The minimum absolute atomic E-state index is 0.0447. The van der Waals surface area contributed by atoms with E-state index in [4.69, 9.17) is 9.47 Å². The van der Waals surface area contributed by atoms with E-state index in [1.165, 1.54) is 6.07 Å². The molecule has 0 heterocycles. The molecule has 0 radical (unpaired) electrons. The third kappa shape index (κ3) is 3.45. The van der Waals surface area contributed by atoms with Crippen LogP contribution < -0.4 is 14.8 Å². The predicted molar refractivity (Wildman–Crippen MR) is 78.8 cm³/mol. The predicted octanol–water partition coefficient (Wildman–Crippen LogP) is 2.34. The topological polar surface area (TPSA) is 67.8 Å². The van der Waals surface area contributed by atoms with Crippen molar-refractivity contribution < 1.29 is 19.4 Å². The third-order valence-corrected chi connectivity index (χ3v) is 3.08.